The lowest BCUT2D eigenvalue weighted by molar-refractivity contribution is 1.17. The van der Waals surface area contributed by atoms with Crippen LogP contribution in [0.15, 0.2) is 145 Å². The van der Waals surface area contributed by atoms with Gasteiger partial charge in [-0.15, -0.1) is 0 Å². The standard InChI is InChI=1S/C36H24N2/c1-5-19-33-29(15-1)30-16-2-6-20-34(30)37(33)27-13-9-11-25(23-27)26-12-10-14-28(24-26)38-35-21-7-3-17-31(35)32-18-4-8-22-36(32)38/h1-24H/i1D,2D,3D,4D. The van der Waals surface area contributed by atoms with Crippen molar-refractivity contribution >= 4 is 43.6 Å². The quantitative estimate of drug-likeness (QED) is 0.234. The van der Waals surface area contributed by atoms with Gasteiger partial charge in [0.25, 0.3) is 0 Å². The Morgan fingerprint density at radius 2 is 0.711 bits per heavy atom. The van der Waals surface area contributed by atoms with Gasteiger partial charge in [-0.25, -0.2) is 0 Å². The zero-order chi connectivity index (χ0) is 28.5. The molecule has 0 aliphatic rings. The highest BCUT2D eigenvalue weighted by Crippen LogP contribution is 2.35. The third kappa shape index (κ3) is 3.07. The van der Waals surface area contributed by atoms with E-state index in [0.29, 0.717) is 24.2 Å². The van der Waals surface area contributed by atoms with Crippen molar-refractivity contribution in [1.82, 2.24) is 9.13 Å². The first-order valence-electron chi connectivity index (χ1n) is 14.7. The van der Waals surface area contributed by atoms with E-state index in [1.54, 1.807) is 0 Å². The van der Waals surface area contributed by atoms with E-state index in [-0.39, 0.29) is 0 Å². The van der Waals surface area contributed by atoms with Crippen LogP contribution >= 0.6 is 0 Å². The smallest absolute Gasteiger partial charge is 0.0623 e. The summed E-state index contributed by atoms with van der Waals surface area (Å²) in [6, 6.07) is 41.4. The fourth-order valence-electron chi connectivity index (χ4n) is 5.80. The molecule has 178 valence electrons. The van der Waals surface area contributed by atoms with E-state index >= 15 is 0 Å². The molecule has 2 heteroatoms. The molecule has 0 amide bonds. The van der Waals surface area contributed by atoms with E-state index in [1.807, 2.05) is 72.8 Å². The third-order valence-corrected chi connectivity index (χ3v) is 7.45. The summed E-state index contributed by atoms with van der Waals surface area (Å²) in [5.74, 6) is 0. The molecular weight excluding hydrogens is 460 g/mol. The minimum Gasteiger partial charge on any atom is -0.309 e. The molecule has 38 heavy (non-hydrogen) atoms. The minimum atomic E-state index is 0.449. The van der Waals surface area contributed by atoms with E-state index in [2.05, 4.69) is 57.7 Å². The van der Waals surface area contributed by atoms with Crippen LogP contribution in [0.5, 0.6) is 0 Å². The van der Waals surface area contributed by atoms with Crippen LogP contribution in [0, 0.1) is 0 Å². The molecule has 0 saturated heterocycles. The maximum absolute atomic E-state index is 8.19. The Kier molecular flexibility index (Phi) is 3.76. The van der Waals surface area contributed by atoms with Gasteiger partial charge in [0.1, 0.15) is 0 Å². The average molecular weight is 489 g/mol. The highest BCUT2D eigenvalue weighted by Gasteiger charge is 2.14. The molecule has 2 aromatic heterocycles. The molecule has 0 unspecified atom stereocenters. The zero-order valence-corrected chi connectivity index (χ0v) is 20.4. The van der Waals surface area contributed by atoms with Crippen molar-refractivity contribution in [3.63, 3.8) is 0 Å². The first kappa shape index (κ1) is 17.4. The SMILES string of the molecule is [2H]c1ccc2c(c1)c1cc([2H])ccc1n2-c1cccc(-c2cccc(-n3c4ccc([2H])cc4c4cc([2H])ccc43)c2)c1. The molecular formula is C36H24N2. The number of hydrogen-bond acceptors (Lipinski definition) is 0. The van der Waals surface area contributed by atoms with Gasteiger partial charge in [-0.2, -0.15) is 0 Å². The van der Waals surface area contributed by atoms with Crippen LogP contribution in [-0.4, -0.2) is 9.13 Å². The number of benzene rings is 6. The summed E-state index contributed by atoms with van der Waals surface area (Å²) < 4.78 is 37.2. The molecule has 0 N–H and O–H groups in total. The second-order valence-electron chi connectivity index (χ2n) is 9.54. The number of nitrogens with zero attached hydrogens (tertiary/aromatic N) is 2. The lowest BCUT2D eigenvalue weighted by Gasteiger charge is -2.12. The number of para-hydroxylation sites is 4. The molecule has 0 atom stereocenters. The predicted molar refractivity (Wildman–Crippen MR) is 161 cm³/mol. The van der Waals surface area contributed by atoms with Crippen molar-refractivity contribution in [3.8, 4) is 22.5 Å². The lowest BCUT2D eigenvalue weighted by atomic mass is 10.0. The van der Waals surface area contributed by atoms with Gasteiger partial charge in [-0.1, -0.05) is 97.0 Å². The van der Waals surface area contributed by atoms with E-state index in [9.17, 15) is 0 Å². The van der Waals surface area contributed by atoms with Crippen LogP contribution in [0.25, 0.3) is 66.1 Å². The fraction of sp³-hybridized carbons (Fsp3) is 0. The van der Waals surface area contributed by atoms with Crippen molar-refractivity contribution in [3.05, 3.63) is 145 Å². The van der Waals surface area contributed by atoms with Crippen molar-refractivity contribution in [2.75, 3.05) is 0 Å². The number of hydrogen-bond donors (Lipinski definition) is 0. The summed E-state index contributed by atoms with van der Waals surface area (Å²) in [6.07, 6.45) is 0. The molecule has 0 aliphatic carbocycles. The maximum Gasteiger partial charge on any atom is 0.0623 e. The van der Waals surface area contributed by atoms with Gasteiger partial charge in [0.2, 0.25) is 0 Å². The van der Waals surface area contributed by atoms with Crippen molar-refractivity contribution in [1.29, 1.82) is 0 Å². The number of aromatic nitrogens is 2. The van der Waals surface area contributed by atoms with Crippen LogP contribution in [0.2, 0.25) is 0 Å². The summed E-state index contributed by atoms with van der Waals surface area (Å²) in [5, 5.41) is 3.88. The molecule has 0 aliphatic heterocycles. The Morgan fingerprint density at radius 3 is 1.05 bits per heavy atom. The van der Waals surface area contributed by atoms with Crippen molar-refractivity contribution in [2.45, 2.75) is 0 Å². The Hall–Kier alpha value is -5.08. The molecule has 0 radical (unpaired) electrons. The summed E-state index contributed by atoms with van der Waals surface area (Å²) in [4.78, 5) is 0. The molecule has 0 bridgehead atoms. The van der Waals surface area contributed by atoms with Crippen molar-refractivity contribution < 1.29 is 5.48 Å². The third-order valence-electron chi connectivity index (χ3n) is 7.45. The van der Waals surface area contributed by atoms with E-state index in [1.165, 1.54) is 0 Å². The monoisotopic (exact) mass is 488 g/mol. The van der Waals surface area contributed by atoms with Crippen LogP contribution in [0.1, 0.15) is 5.48 Å². The van der Waals surface area contributed by atoms with Gasteiger partial charge >= 0.3 is 0 Å². The Morgan fingerprint density at radius 1 is 0.368 bits per heavy atom. The average Bonchev–Trinajstić information content (AvgIpc) is 3.48. The summed E-state index contributed by atoms with van der Waals surface area (Å²) in [5.41, 5.74) is 8.18. The van der Waals surface area contributed by atoms with E-state index < -0.39 is 0 Å². The Balaban J connectivity index is 1.31. The molecule has 8 aromatic rings. The van der Waals surface area contributed by atoms with Gasteiger partial charge in [0.05, 0.1) is 27.5 Å². The second kappa shape index (κ2) is 8.22. The number of rotatable bonds is 3. The van der Waals surface area contributed by atoms with Crippen molar-refractivity contribution in [2.24, 2.45) is 0 Å². The summed E-state index contributed by atoms with van der Waals surface area (Å²) >= 11 is 0. The molecule has 0 spiro atoms. The fourth-order valence-corrected chi connectivity index (χ4v) is 5.80. The van der Waals surface area contributed by atoms with Gasteiger partial charge in [0.15, 0.2) is 0 Å². The Bertz CT molecular complexity index is 2080. The van der Waals surface area contributed by atoms with Crippen LogP contribution in [-0.2, 0) is 0 Å². The van der Waals surface area contributed by atoms with Gasteiger partial charge < -0.3 is 9.13 Å². The van der Waals surface area contributed by atoms with Gasteiger partial charge in [0, 0.05) is 32.9 Å². The molecule has 0 fully saturated rings. The summed E-state index contributed by atoms with van der Waals surface area (Å²) in [6.45, 7) is 0. The Labute approximate surface area is 226 Å². The topological polar surface area (TPSA) is 9.86 Å². The van der Waals surface area contributed by atoms with Crippen LogP contribution in [0.3, 0.4) is 0 Å². The first-order valence-corrected chi connectivity index (χ1v) is 12.7. The second-order valence-corrected chi connectivity index (χ2v) is 9.54. The predicted octanol–water partition coefficient (Wildman–Crippen LogP) is 9.55. The van der Waals surface area contributed by atoms with E-state index in [0.717, 1.165) is 66.1 Å². The highest BCUT2D eigenvalue weighted by molar-refractivity contribution is 6.10. The lowest BCUT2D eigenvalue weighted by Crippen LogP contribution is -1.95. The highest BCUT2D eigenvalue weighted by atomic mass is 15.0. The summed E-state index contributed by atoms with van der Waals surface area (Å²) in [7, 11) is 0. The number of fused-ring (bicyclic) bond motifs is 6. The first-order chi connectivity index (χ1) is 20.4. The van der Waals surface area contributed by atoms with Gasteiger partial charge in [-0.05, 0) is 59.7 Å². The zero-order valence-electron chi connectivity index (χ0n) is 24.4. The molecule has 0 saturated carbocycles. The molecule has 6 aromatic carbocycles. The van der Waals surface area contributed by atoms with E-state index in [4.69, 9.17) is 5.48 Å². The van der Waals surface area contributed by atoms with Crippen LogP contribution in [0.4, 0.5) is 0 Å². The largest absolute Gasteiger partial charge is 0.309 e. The maximum atomic E-state index is 8.19. The molecule has 2 heterocycles. The minimum absolute atomic E-state index is 0.449. The normalized spacial score (nSPS) is 13.2. The van der Waals surface area contributed by atoms with Gasteiger partial charge in [-0.3, -0.25) is 0 Å². The molecule has 8 rings (SSSR count). The molecule has 2 nitrogen and oxygen atoms in total. The van der Waals surface area contributed by atoms with Crippen LogP contribution < -0.4 is 0 Å².